The number of hydrogen-bond donors (Lipinski definition) is 1. The van der Waals surface area contributed by atoms with Gasteiger partial charge in [0.1, 0.15) is 5.82 Å². The van der Waals surface area contributed by atoms with E-state index >= 15 is 0 Å². The zero-order valence-corrected chi connectivity index (χ0v) is 12.7. The molecule has 18 heavy (non-hydrogen) atoms. The van der Waals surface area contributed by atoms with E-state index in [1.54, 1.807) is 13.0 Å². The normalized spacial score (nSPS) is 26.0. The lowest BCUT2D eigenvalue weighted by Crippen LogP contribution is -2.36. The average molecular weight is 285 g/mol. The van der Waals surface area contributed by atoms with Crippen LogP contribution in [0.3, 0.4) is 0 Å². The molecule has 3 unspecified atom stereocenters. The van der Waals surface area contributed by atoms with Gasteiger partial charge in [0, 0.05) is 28.0 Å². The first kappa shape index (κ1) is 14.2. The first-order valence-corrected chi connectivity index (χ1v) is 8.39. The molecule has 1 N–H and O–H groups in total. The summed E-state index contributed by atoms with van der Waals surface area (Å²) < 4.78 is 13.7. The summed E-state index contributed by atoms with van der Waals surface area (Å²) in [5.74, 6) is 2.31. The second-order valence-corrected chi connectivity index (χ2v) is 7.46. The van der Waals surface area contributed by atoms with E-state index in [4.69, 9.17) is 0 Å². The molecule has 3 atom stereocenters. The summed E-state index contributed by atoms with van der Waals surface area (Å²) in [4.78, 5) is 0. The number of benzene rings is 1. The number of hydrogen-bond acceptors (Lipinski definition) is 3. The first-order valence-electron chi connectivity index (χ1n) is 6.30. The maximum absolute atomic E-state index is 13.7. The smallest absolute Gasteiger partial charge is 0.126 e. The van der Waals surface area contributed by atoms with Crippen LogP contribution >= 0.6 is 23.5 Å². The van der Waals surface area contributed by atoms with Crippen LogP contribution in [-0.4, -0.2) is 29.1 Å². The predicted molar refractivity (Wildman–Crippen MR) is 81.1 cm³/mol. The zero-order valence-electron chi connectivity index (χ0n) is 11.1. The molecule has 1 aliphatic heterocycles. The fraction of sp³-hybridized carbons (Fsp3) is 0.571. The summed E-state index contributed by atoms with van der Waals surface area (Å²) >= 11 is 4.02. The van der Waals surface area contributed by atoms with Crippen molar-refractivity contribution in [3.05, 3.63) is 35.1 Å². The largest absolute Gasteiger partial charge is 0.312 e. The highest BCUT2D eigenvalue weighted by Gasteiger charge is 2.30. The second kappa shape index (κ2) is 6.31. The number of nitrogens with one attached hydrogen (secondary N) is 1. The van der Waals surface area contributed by atoms with Crippen LogP contribution in [0.15, 0.2) is 18.2 Å². The van der Waals surface area contributed by atoms with Crippen LogP contribution in [0.4, 0.5) is 4.39 Å². The minimum atomic E-state index is -0.103. The van der Waals surface area contributed by atoms with Crippen molar-refractivity contribution in [1.29, 1.82) is 0 Å². The monoisotopic (exact) mass is 285 g/mol. The zero-order chi connectivity index (χ0) is 13.1. The molecule has 0 amide bonds. The van der Waals surface area contributed by atoms with E-state index in [1.807, 2.05) is 42.7 Å². The Bertz CT molecular complexity index is 411. The van der Waals surface area contributed by atoms with Crippen LogP contribution in [0.2, 0.25) is 0 Å². The molecule has 0 radical (unpaired) electrons. The summed E-state index contributed by atoms with van der Waals surface area (Å²) in [6.07, 6.45) is 0. The van der Waals surface area contributed by atoms with Crippen molar-refractivity contribution in [3.8, 4) is 0 Å². The quantitative estimate of drug-likeness (QED) is 0.911. The van der Waals surface area contributed by atoms with Gasteiger partial charge in [-0.15, -0.1) is 0 Å². The average Bonchev–Trinajstić information content (AvgIpc) is 2.37. The van der Waals surface area contributed by atoms with Gasteiger partial charge < -0.3 is 5.32 Å². The van der Waals surface area contributed by atoms with Crippen molar-refractivity contribution in [2.75, 3.05) is 18.6 Å². The Labute approximate surface area is 117 Å². The summed E-state index contributed by atoms with van der Waals surface area (Å²) in [5.41, 5.74) is 1.78. The molecule has 1 aromatic carbocycles. The molecule has 1 heterocycles. The Morgan fingerprint density at radius 3 is 2.67 bits per heavy atom. The molecular formula is C14H20FNS2. The van der Waals surface area contributed by atoms with Crippen LogP contribution in [-0.2, 0) is 0 Å². The van der Waals surface area contributed by atoms with E-state index in [0.717, 1.165) is 5.56 Å². The molecule has 1 aliphatic rings. The molecule has 1 nitrogen and oxygen atoms in total. The van der Waals surface area contributed by atoms with Crippen molar-refractivity contribution < 1.29 is 4.39 Å². The predicted octanol–water partition coefficient (Wildman–Crippen LogP) is 3.63. The van der Waals surface area contributed by atoms with Crippen LogP contribution in [0, 0.1) is 12.7 Å². The molecule has 0 aromatic heterocycles. The highest BCUT2D eigenvalue weighted by atomic mass is 32.2. The van der Waals surface area contributed by atoms with E-state index in [1.165, 1.54) is 11.5 Å². The second-order valence-electron chi connectivity index (χ2n) is 4.69. The van der Waals surface area contributed by atoms with Gasteiger partial charge in [0.2, 0.25) is 0 Å². The first-order chi connectivity index (χ1) is 8.63. The van der Waals surface area contributed by atoms with Gasteiger partial charge in [-0.2, -0.15) is 23.5 Å². The lowest BCUT2D eigenvalue weighted by atomic mass is 10.00. The molecule has 0 spiro atoms. The van der Waals surface area contributed by atoms with Gasteiger partial charge in [-0.05, 0) is 31.2 Å². The lowest BCUT2D eigenvalue weighted by molar-refractivity contribution is 0.551. The maximum atomic E-state index is 13.7. The topological polar surface area (TPSA) is 12.0 Å². The molecule has 0 saturated carbocycles. The van der Waals surface area contributed by atoms with Gasteiger partial charge in [-0.1, -0.05) is 19.1 Å². The van der Waals surface area contributed by atoms with Crippen molar-refractivity contribution in [3.63, 3.8) is 0 Å². The van der Waals surface area contributed by atoms with E-state index < -0.39 is 0 Å². The Hall–Kier alpha value is -0.190. The minimum Gasteiger partial charge on any atom is -0.312 e. The Balaban J connectivity index is 2.23. The minimum absolute atomic E-state index is 0.103. The number of rotatable bonds is 3. The fourth-order valence-electron chi connectivity index (χ4n) is 2.34. The van der Waals surface area contributed by atoms with Crippen LogP contribution in [0.5, 0.6) is 0 Å². The molecule has 1 aromatic rings. The molecular weight excluding hydrogens is 265 g/mol. The summed E-state index contributed by atoms with van der Waals surface area (Å²) in [5, 5.41) is 4.48. The van der Waals surface area contributed by atoms with Crippen LogP contribution < -0.4 is 5.32 Å². The molecule has 1 fully saturated rings. The fourth-order valence-corrected chi connectivity index (χ4v) is 5.33. The van der Waals surface area contributed by atoms with Gasteiger partial charge in [-0.3, -0.25) is 0 Å². The highest BCUT2D eigenvalue weighted by molar-refractivity contribution is 8.07. The third-order valence-corrected chi connectivity index (χ3v) is 6.63. The third kappa shape index (κ3) is 3.03. The van der Waals surface area contributed by atoms with Crippen LogP contribution in [0.25, 0.3) is 0 Å². The van der Waals surface area contributed by atoms with Crippen molar-refractivity contribution >= 4 is 23.5 Å². The Morgan fingerprint density at radius 1 is 1.33 bits per heavy atom. The number of halogens is 1. The molecule has 2 rings (SSSR count). The van der Waals surface area contributed by atoms with Crippen molar-refractivity contribution in [1.82, 2.24) is 5.32 Å². The maximum Gasteiger partial charge on any atom is 0.126 e. The van der Waals surface area contributed by atoms with Crippen molar-refractivity contribution in [2.24, 2.45) is 0 Å². The summed E-state index contributed by atoms with van der Waals surface area (Å²) in [7, 11) is 1.97. The molecule has 0 aliphatic carbocycles. The molecule has 0 bridgehead atoms. The van der Waals surface area contributed by atoms with E-state index in [-0.39, 0.29) is 11.9 Å². The molecule has 4 heteroatoms. The molecule has 1 saturated heterocycles. The SMILES string of the molecule is CNC(c1ccc(C)c(F)c1)C1SCCSC1C. The lowest BCUT2D eigenvalue weighted by Gasteiger charge is -2.34. The van der Waals surface area contributed by atoms with Crippen molar-refractivity contribution in [2.45, 2.75) is 30.4 Å². The van der Waals surface area contributed by atoms with Gasteiger partial charge in [-0.25, -0.2) is 4.39 Å². The standard InChI is InChI=1S/C14H20FNS2/c1-9-4-5-11(8-12(9)15)13(16-3)14-10(2)17-6-7-18-14/h4-5,8,10,13-14,16H,6-7H2,1-3H3. The van der Waals surface area contributed by atoms with Gasteiger partial charge >= 0.3 is 0 Å². The van der Waals surface area contributed by atoms with E-state index in [9.17, 15) is 4.39 Å². The van der Waals surface area contributed by atoms with E-state index in [0.29, 0.717) is 16.1 Å². The Kier molecular flexibility index (Phi) is 4.98. The summed E-state index contributed by atoms with van der Waals surface area (Å²) in [6.45, 7) is 4.08. The summed E-state index contributed by atoms with van der Waals surface area (Å²) in [6, 6.07) is 5.84. The number of aryl methyl sites for hydroxylation is 1. The van der Waals surface area contributed by atoms with Gasteiger partial charge in [0.05, 0.1) is 0 Å². The highest BCUT2D eigenvalue weighted by Crippen LogP contribution is 2.38. The van der Waals surface area contributed by atoms with Crippen LogP contribution in [0.1, 0.15) is 24.1 Å². The molecule has 100 valence electrons. The third-order valence-electron chi connectivity index (χ3n) is 3.43. The number of thioether (sulfide) groups is 2. The Morgan fingerprint density at radius 2 is 2.06 bits per heavy atom. The van der Waals surface area contributed by atoms with Gasteiger partial charge in [0.25, 0.3) is 0 Å². The van der Waals surface area contributed by atoms with Gasteiger partial charge in [0.15, 0.2) is 0 Å². The van der Waals surface area contributed by atoms with E-state index in [2.05, 4.69) is 12.2 Å².